The molecule has 0 saturated carbocycles. The predicted octanol–water partition coefficient (Wildman–Crippen LogP) is 3.88. The topological polar surface area (TPSA) is 73.2 Å². The number of hydrogen-bond acceptors (Lipinski definition) is 4. The molecule has 1 aromatic heterocycles. The zero-order valence-corrected chi connectivity index (χ0v) is 15.4. The minimum absolute atomic E-state index is 0.110. The van der Waals surface area contributed by atoms with Crippen molar-refractivity contribution in [1.82, 2.24) is 0 Å². The van der Waals surface area contributed by atoms with Crippen LogP contribution in [0.1, 0.15) is 22.4 Å². The molecule has 5 nitrogen and oxygen atoms in total. The van der Waals surface area contributed by atoms with Crippen LogP contribution in [0.15, 0.2) is 24.3 Å². The first-order valence-corrected chi connectivity index (χ1v) is 8.97. The van der Waals surface area contributed by atoms with Crippen LogP contribution < -0.4 is 10.2 Å². The molecular weight excluding hydrogens is 358 g/mol. The van der Waals surface area contributed by atoms with Gasteiger partial charge in [-0.25, -0.2) is 0 Å². The Morgan fingerprint density at radius 3 is 2.88 bits per heavy atom. The molecule has 7 heteroatoms. The highest BCUT2D eigenvalue weighted by atomic mass is 35.5. The fourth-order valence-corrected chi connectivity index (χ4v) is 4.04. The van der Waals surface area contributed by atoms with E-state index in [9.17, 15) is 14.9 Å². The number of nitriles is 1. The second-order valence-corrected chi connectivity index (χ2v) is 7.63. The van der Waals surface area contributed by atoms with Gasteiger partial charge in [-0.1, -0.05) is 17.7 Å². The van der Waals surface area contributed by atoms with Gasteiger partial charge in [0.1, 0.15) is 11.1 Å². The van der Waals surface area contributed by atoms with Crippen LogP contribution >= 0.6 is 22.9 Å². The standard InChI is InChI=1S/C18H16ClN3O2S/c1-10-11(2)25-18(15(10)8-20)21-17(24)12-6-16(23)22(9-12)14-5-3-4-13(19)7-14/h3-5,7,12H,6,9H2,1-2H3,(H,21,24). The highest BCUT2D eigenvalue weighted by molar-refractivity contribution is 7.16. The lowest BCUT2D eigenvalue weighted by molar-refractivity contribution is -0.122. The Labute approximate surface area is 154 Å². The van der Waals surface area contributed by atoms with E-state index in [-0.39, 0.29) is 18.2 Å². The number of amides is 2. The van der Waals surface area contributed by atoms with Gasteiger partial charge in [0, 0.05) is 28.6 Å². The molecular formula is C18H16ClN3O2S. The molecule has 0 spiro atoms. The molecule has 2 heterocycles. The van der Waals surface area contributed by atoms with Crippen molar-refractivity contribution in [3.8, 4) is 6.07 Å². The smallest absolute Gasteiger partial charge is 0.230 e. The van der Waals surface area contributed by atoms with E-state index >= 15 is 0 Å². The quantitative estimate of drug-likeness (QED) is 0.887. The first-order chi connectivity index (χ1) is 11.9. The van der Waals surface area contributed by atoms with E-state index in [2.05, 4.69) is 11.4 Å². The van der Waals surface area contributed by atoms with Crippen LogP contribution in [0.2, 0.25) is 5.02 Å². The molecule has 1 aliphatic heterocycles. The maximum absolute atomic E-state index is 12.6. The Hall–Kier alpha value is -2.36. The predicted molar refractivity (Wildman–Crippen MR) is 99.0 cm³/mol. The van der Waals surface area contributed by atoms with Crippen LogP contribution in [0.5, 0.6) is 0 Å². The number of rotatable bonds is 3. The normalized spacial score (nSPS) is 16.8. The maximum atomic E-state index is 12.6. The minimum Gasteiger partial charge on any atom is -0.316 e. The van der Waals surface area contributed by atoms with Crippen LogP contribution in [0.4, 0.5) is 10.7 Å². The third-order valence-electron chi connectivity index (χ3n) is 4.35. The molecule has 0 bridgehead atoms. The van der Waals surface area contributed by atoms with Crippen molar-refractivity contribution in [1.29, 1.82) is 5.26 Å². The second kappa shape index (κ2) is 6.87. The third-order valence-corrected chi connectivity index (χ3v) is 5.71. The molecule has 1 saturated heterocycles. The number of thiophene rings is 1. The summed E-state index contributed by atoms with van der Waals surface area (Å²) in [7, 11) is 0. The number of carbonyl (C=O) groups excluding carboxylic acids is 2. The van der Waals surface area contributed by atoms with E-state index in [0.717, 1.165) is 10.4 Å². The average molecular weight is 374 g/mol. The molecule has 1 atom stereocenters. The Balaban J connectivity index is 1.76. The van der Waals surface area contributed by atoms with E-state index in [1.165, 1.54) is 11.3 Å². The van der Waals surface area contributed by atoms with Gasteiger partial charge in [-0.3, -0.25) is 9.59 Å². The van der Waals surface area contributed by atoms with Gasteiger partial charge in [0.15, 0.2) is 0 Å². The van der Waals surface area contributed by atoms with Gasteiger partial charge >= 0.3 is 0 Å². The van der Waals surface area contributed by atoms with E-state index in [0.29, 0.717) is 27.8 Å². The first kappa shape index (κ1) is 17.5. The SMILES string of the molecule is Cc1sc(NC(=O)C2CC(=O)N(c3cccc(Cl)c3)C2)c(C#N)c1C. The van der Waals surface area contributed by atoms with Crippen LogP contribution in [-0.4, -0.2) is 18.4 Å². The number of nitrogens with one attached hydrogen (secondary N) is 1. The number of carbonyl (C=O) groups is 2. The van der Waals surface area contributed by atoms with Crippen LogP contribution in [0, 0.1) is 31.1 Å². The van der Waals surface area contributed by atoms with Crippen molar-refractivity contribution in [2.24, 2.45) is 5.92 Å². The fourth-order valence-electron chi connectivity index (χ4n) is 2.84. The van der Waals surface area contributed by atoms with Gasteiger partial charge in [0.2, 0.25) is 11.8 Å². The van der Waals surface area contributed by atoms with Gasteiger partial charge in [0.05, 0.1) is 11.5 Å². The summed E-state index contributed by atoms with van der Waals surface area (Å²) in [4.78, 5) is 27.4. The number of aryl methyl sites for hydroxylation is 1. The average Bonchev–Trinajstić information content (AvgIpc) is 3.08. The fraction of sp³-hybridized carbons (Fsp3) is 0.278. The van der Waals surface area contributed by atoms with Crippen molar-refractivity contribution < 1.29 is 9.59 Å². The monoisotopic (exact) mass is 373 g/mol. The summed E-state index contributed by atoms with van der Waals surface area (Å²) in [5, 5.41) is 13.2. The van der Waals surface area contributed by atoms with Crippen molar-refractivity contribution in [3.05, 3.63) is 45.3 Å². The Bertz CT molecular complexity index is 900. The van der Waals surface area contributed by atoms with Gasteiger partial charge in [-0.05, 0) is 37.6 Å². The molecule has 1 aliphatic rings. The van der Waals surface area contributed by atoms with Crippen molar-refractivity contribution in [2.45, 2.75) is 20.3 Å². The largest absolute Gasteiger partial charge is 0.316 e. The molecule has 2 amide bonds. The minimum atomic E-state index is -0.458. The van der Waals surface area contributed by atoms with E-state index < -0.39 is 5.92 Å². The van der Waals surface area contributed by atoms with Crippen molar-refractivity contribution >= 4 is 45.4 Å². The molecule has 1 aromatic carbocycles. The van der Waals surface area contributed by atoms with E-state index in [4.69, 9.17) is 11.6 Å². The first-order valence-electron chi connectivity index (χ1n) is 7.77. The Morgan fingerprint density at radius 2 is 2.20 bits per heavy atom. The molecule has 3 rings (SSSR count). The molecule has 0 radical (unpaired) electrons. The number of hydrogen-bond donors (Lipinski definition) is 1. The third kappa shape index (κ3) is 3.39. The molecule has 1 fully saturated rings. The summed E-state index contributed by atoms with van der Waals surface area (Å²) >= 11 is 7.36. The zero-order valence-electron chi connectivity index (χ0n) is 13.8. The van der Waals surface area contributed by atoms with Gasteiger partial charge < -0.3 is 10.2 Å². The lowest BCUT2D eigenvalue weighted by atomic mass is 10.1. The summed E-state index contributed by atoms with van der Waals surface area (Å²) in [6, 6.07) is 9.15. The summed E-state index contributed by atoms with van der Waals surface area (Å²) in [6.45, 7) is 4.08. The van der Waals surface area contributed by atoms with Gasteiger partial charge in [-0.15, -0.1) is 11.3 Å². The molecule has 128 valence electrons. The summed E-state index contributed by atoms with van der Waals surface area (Å²) in [6.07, 6.45) is 0.142. The second-order valence-electron chi connectivity index (χ2n) is 5.97. The molecule has 25 heavy (non-hydrogen) atoms. The van der Waals surface area contributed by atoms with Crippen LogP contribution in [-0.2, 0) is 9.59 Å². The lowest BCUT2D eigenvalue weighted by Crippen LogP contribution is -2.28. The van der Waals surface area contributed by atoms with Gasteiger partial charge in [0.25, 0.3) is 0 Å². The number of anilines is 2. The van der Waals surface area contributed by atoms with Crippen molar-refractivity contribution in [2.75, 3.05) is 16.8 Å². The van der Waals surface area contributed by atoms with Gasteiger partial charge in [-0.2, -0.15) is 5.26 Å². The number of nitrogens with zero attached hydrogens (tertiary/aromatic N) is 2. The highest BCUT2D eigenvalue weighted by Crippen LogP contribution is 2.33. The van der Waals surface area contributed by atoms with E-state index in [1.807, 2.05) is 13.8 Å². The molecule has 1 unspecified atom stereocenters. The number of halogens is 1. The van der Waals surface area contributed by atoms with Crippen LogP contribution in [0.3, 0.4) is 0 Å². The summed E-state index contributed by atoms with van der Waals surface area (Å²) < 4.78 is 0. The summed E-state index contributed by atoms with van der Waals surface area (Å²) in [5.74, 6) is -0.808. The maximum Gasteiger partial charge on any atom is 0.230 e. The summed E-state index contributed by atoms with van der Waals surface area (Å²) in [5.41, 5.74) is 2.06. The Morgan fingerprint density at radius 1 is 1.44 bits per heavy atom. The Kier molecular flexibility index (Phi) is 4.80. The molecule has 0 aliphatic carbocycles. The molecule has 2 aromatic rings. The zero-order chi connectivity index (χ0) is 18.1. The highest BCUT2D eigenvalue weighted by Gasteiger charge is 2.35. The van der Waals surface area contributed by atoms with Crippen LogP contribution in [0.25, 0.3) is 0 Å². The van der Waals surface area contributed by atoms with E-state index in [1.54, 1.807) is 29.2 Å². The lowest BCUT2D eigenvalue weighted by Gasteiger charge is -2.16. The molecule has 1 N–H and O–H groups in total. The number of benzene rings is 1. The van der Waals surface area contributed by atoms with Crippen molar-refractivity contribution in [3.63, 3.8) is 0 Å².